The van der Waals surface area contributed by atoms with Crippen molar-refractivity contribution >= 4 is 27.3 Å². The van der Waals surface area contributed by atoms with E-state index in [4.69, 9.17) is 11.6 Å². The Morgan fingerprint density at radius 3 is 2.72 bits per heavy atom. The van der Waals surface area contributed by atoms with Gasteiger partial charge < -0.3 is 4.57 Å². The summed E-state index contributed by atoms with van der Waals surface area (Å²) in [4.78, 5) is 11.5. The Morgan fingerprint density at radius 1 is 1.39 bits per heavy atom. The zero-order valence-electron chi connectivity index (χ0n) is 10.2. The lowest BCUT2D eigenvalue weighted by Crippen LogP contribution is -2.22. The topological polar surface area (TPSA) is 68.2 Å². The van der Waals surface area contributed by atoms with Gasteiger partial charge in [0.05, 0.1) is 11.4 Å². The van der Waals surface area contributed by atoms with Crippen LogP contribution in [0.1, 0.15) is 19.8 Å². The zero-order valence-corrected chi connectivity index (χ0v) is 11.8. The van der Waals surface area contributed by atoms with Crippen molar-refractivity contribution in [3.05, 3.63) is 28.7 Å². The van der Waals surface area contributed by atoms with Gasteiger partial charge in [-0.25, -0.2) is 8.42 Å². The van der Waals surface area contributed by atoms with Crippen molar-refractivity contribution < 1.29 is 8.42 Å². The maximum atomic E-state index is 11.7. The van der Waals surface area contributed by atoms with E-state index in [2.05, 4.69) is 4.72 Å². The Balaban J connectivity index is 2.85. The third-order valence-electron chi connectivity index (χ3n) is 2.27. The Labute approximate surface area is 112 Å². The molecule has 0 saturated heterocycles. The molecule has 0 aliphatic rings. The van der Waals surface area contributed by atoms with Crippen LogP contribution in [0, 0.1) is 0 Å². The van der Waals surface area contributed by atoms with Gasteiger partial charge in [0, 0.05) is 24.7 Å². The van der Waals surface area contributed by atoms with Crippen LogP contribution in [-0.4, -0.2) is 24.6 Å². The lowest BCUT2D eigenvalue weighted by Gasteiger charge is -2.09. The summed E-state index contributed by atoms with van der Waals surface area (Å²) >= 11 is 5.46. The van der Waals surface area contributed by atoms with Gasteiger partial charge in [-0.05, 0) is 18.9 Å². The molecule has 102 valence electrons. The minimum absolute atomic E-state index is 0.0244. The molecular formula is C11H17ClN2O3S. The van der Waals surface area contributed by atoms with Crippen molar-refractivity contribution in [1.29, 1.82) is 0 Å². The number of rotatable bonds is 7. The molecule has 0 aliphatic carbocycles. The van der Waals surface area contributed by atoms with Crippen LogP contribution in [0.25, 0.3) is 0 Å². The smallest absolute Gasteiger partial charge is 0.250 e. The second-order valence-electron chi connectivity index (χ2n) is 3.91. The van der Waals surface area contributed by atoms with E-state index < -0.39 is 10.0 Å². The average molecular weight is 293 g/mol. The average Bonchev–Trinajstić information content (AvgIpc) is 2.31. The van der Waals surface area contributed by atoms with Gasteiger partial charge in [-0.1, -0.05) is 6.92 Å². The van der Waals surface area contributed by atoms with Gasteiger partial charge in [0.1, 0.15) is 0 Å². The van der Waals surface area contributed by atoms with Crippen LogP contribution >= 0.6 is 11.6 Å². The molecule has 0 fully saturated rings. The van der Waals surface area contributed by atoms with E-state index in [1.807, 2.05) is 6.92 Å². The van der Waals surface area contributed by atoms with Crippen molar-refractivity contribution in [1.82, 2.24) is 4.57 Å². The number of hydrogen-bond acceptors (Lipinski definition) is 3. The molecule has 0 amide bonds. The second kappa shape index (κ2) is 6.80. The van der Waals surface area contributed by atoms with E-state index in [1.165, 1.54) is 22.9 Å². The third-order valence-corrected chi connectivity index (χ3v) is 3.91. The van der Waals surface area contributed by atoms with Crippen molar-refractivity contribution in [2.75, 3.05) is 16.4 Å². The molecule has 0 unspecified atom stereocenters. The first kappa shape index (κ1) is 15.0. The van der Waals surface area contributed by atoms with Crippen molar-refractivity contribution in [2.45, 2.75) is 26.3 Å². The normalized spacial score (nSPS) is 11.4. The van der Waals surface area contributed by atoms with Gasteiger partial charge in [-0.3, -0.25) is 9.52 Å². The maximum Gasteiger partial charge on any atom is 0.250 e. The summed E-state index contributed by atoms with van der Waals surface area (Å²) in [6, 6.07) is 2.82. The SMILES string of the molecule is CCCn1cc(NS(=O)(=O)CCCCl)ccc1=O. The van der Waals surface area contributed by atoms with Gasteiger partial charge in [-0.15, -0.1) is 11.6 Å². The number of halogens is 1. The van der Waals surface area contributed by atoms with Crippen LogP contribution in [0.2, 0.25) is 0 Å². The summed E-state index contributed by atoms with van der Waals surface area (Å²) in [7, 11) is -3.39. The largest absolute Gasteiger partial charge is 0.313 e. The molecule has 0 aliphatic heterocycles. The summed E-state index contributed by atoms with van der Waals surface area (Å²) in [5.74, 6) is 0.277. The maximum absolute atomic E-state index is 11.7. The Kier molecular flexibility index (Phi) is 5.68. The Bertz CT molecular complexity index is 539. The fourth-order valence-electron chi connectivity index (χ4n) is 1.48. The Morgan fingerprint density at radius 2 is 2.11 bits per heavy atom. The highest BCUT2D eigenvalue weighted by atomic mass is 35.5. The fraction of sp³-hybridized carbons (Fsp3) is 0.545. The van der Waals surface area contributed by atoms with Gasteiger partial charge in [0.15, 0.2) is 0 Å². The number of sulfonamides is 1. The molecule has 7 heteroatoms. The molecule has 1 N–H and O–H groups in total. The molecule has 0 atom stereocenters. The van der Waals surface area contributed by atoms with E-state index in [0.29, 0.717) is 24.5 Å². The number of aromatic nitrogens is 1. The van der Waals surface area contributed by atoms with Gasteiger partial charge >= 0.3 is 0 Å². The molecule has 0 bridgehead atoms. The minimum Gasteiger partial charge on any atom is -0.313 e. The van der Waals surface area contributed by atoms with Crippen LogP contribution in [-0.2, 0) is 16.6 Å². The van der Waals surface area contributed by atoms with Gasteiger partial charge in [0.25, 0.3) is 5.56 Å². The van der Waals surface area contributed by atoms with Crippen molar-refractivity contribution in [2.24, 2.45) is 0 Å². The zero-order chi connectivity index (χ0) is 13.6. The highest BCUT2D eigenvalue weighted by Gasteiger charge is 2.10. The van der Waals surface area contributed by atoms with E-state index in [0.717, 1.165) is 6.42 Å². The van der Waals surface area contributed by atoms with Crippen LogP contribution in [0.15, 0.2) is 23.1 Å². The molecule has 1 rings (SSSR count). The van der Waals surface area contributed by atoms with Crippen LogP contribution in [0.3, 0.4) is 0 Å². The number of nitrogens with zero attached hydrogens (tertiary/aromatic N) is 1. The molecule has 1 aromatic rings. The predicted octanol–water partition coefficient (Wildman–Crippen LogP) is 1.63. The van der Waals surface area contributed by atoms with Crippen LogP contribution in [0.5, 0.6) is 0 Å². The van der Waals surface area contributed by atoms with Crippen molar-refractivity contribution in [3.8, 4) is 0 Å². The number of anilines is 1. The number of hydrogen-bond donors (Lipinski definition) is 1. The summed E-state index contributed by atoms with van der Waals surface area (Å²) in [5, 5.41) is 0. The van der Waals surface area contributed by atoms with Crippen molar-refractivity contribution in [3.63, 3.8) is 0 Å². The summed E-state index contributed by atoms with van der Waals surface area (Å²) in [6.07, 6.45) is 2.72. The van der Waals surface area contributed by atoms with E-state index in [-0.39, 0.29) is 11.3 Å². The first-order valence-corrected chi connectivity index (χ1v) is 7.94. The second-order valence-corrected chi connectivity index (χ2v) is 6.13. The quantitative estimate of drug-likeness (QED) is 0.777. The Hall–Kier alpha value is -1.01. The molecule has 1 heterocycles. The first-order valence-electron chi connectivity index (χ1n) is 5.75. The monoisotopic (exact) mass is 292 g/mol. The number of nitrogens with one attached hydrogen (secondary N) is 1. The third kappa shape index (κ3) is 4.70. The lowest BCUT2D eigenvalue weighted by atomic mass is 10.4. The molecule has 0 radical (unpaired) electrons. The van der Waals surface area contributed by atoms with Gasteiger partial charge in [-0.2, -0.15) is 0 Å². The molecule has 0 spiro atoms. The molecule has 0 aromatic carbocycles. The highest BCUT2D eigenvalue weighted by molar-refractivity contribution is 7.92. The minimum atomic E-state index is -3.39. The molecule has 1 aromatic heterocycles. The summed E-state index contributed by atoms with van der Waals surface area (Å²) in [5.41, 5.74) is 0.262. The van der Waals surface area contributed by atoms with E-state index >= 15 is 0 Å². The molecule has 5 nitrogen and oxygen atoms in total. The number of alkyl halides is 1. The fourth-order valence-corrected chi connectivity index (χ4v) is 2.88. The van der Waals surface area contributed by atoms with Gasteiger partial charge in [0.2, 0.25) is 10.0 Å². The first-order chi connectivity index (χ1) is 8.48. The molecule has 18 heavy (non-hydrogen) atoms. The summed E-state index contributed by atoms with van der Waals surface area (Å²) in [6.45, 7) is 2.51. The highest BCUT2D eigenvalue weighted by Crippen LogP contribution is 2.08. The van der Waals surface area contributed by atoms with Crippen LogP contribution < -0.4 is 10.3 Å². The van der Waals surface area contributed by atoms with E-state index in [1.54, 1.807) is 0 Å². The number of pyridine rings is 1. The predicted molar refractivity (Wildman–Crippen MR) is 73.7 cm³/mol. The standard InChI is InChI=1S/C11H17ClN2O3S/c1-2-7-14-9-10(4-5-11(14)15)13-18(16,17)8-3-6-12/h4-5,9,13H,2-3,6-8H2,1H3. The summed E-state index contributed by atoms with van der Waals surface area (Å²) < 4.78 is 27.2. The van der Waals surface area contributed by atoms with E-state index in [9.17, 15) is 13.2 Å². The number of aryl methyl sites for hydroxylation is 1. The van der Waals surface area contributed by atoms with Crippen LogP contribution in [0.4, 0.5) is 5.69 Å². The molecule has 0 saturated carbocycles. The molecular weight excluding hydrogens is 276 g/mol. The lowest BCUT2D eigenvalue weighted by molar-refractivity contribution is 0.599.